The predicted molar refractivity (Wildman–Crippen MR) is 82.4 cm³/mol. The smallest absolute Gasteiger partial charge is 0.162 e. The van der Waals surface area contributed by atoms with Gasteiger partial charge in [-0.1, -0.05) is 13.3 Å². The lowest BCUT2D eigenvalue weighted by atomic mass is 10.2. The highest BCUT2D eigenvalue weighted by atomic mass is 127. The molecule has 1 unspecified atom stereocenters. The summed E-state index contributed by atoms with van der Waals surface area (Å²) in [6, 6.07) is 0. The zero-order chi connectivity index (χ0) is 13.7. The van der Waals surface area contributed by atoms with E-state index in [0.717, 1.165) is 40.3 Å². The van der Waals surface area contributed by atoms with Gasteiger partial charge in [0.1, 0.15) is 11.9 Å². The van der Waals surface area contributed by atoms with Gasteiger partial charge in [0.05, 0.1) is 29.1 Å². The zero-order valence-electron chi connectivity index (χ0n) is 11.4. The van der Waals surface area contributed by atoms with Gasteiger partial charge in [-0.2, -0.15) is 0 Å². The van der Waals surface area contributed by atoms with E-state index in [1.165, 1.54) is 0 Å². The van der Waals surface area contributed by atoms with Crippen molar-refractivity contribution in [1.29, 1.82) is 0 Å². The van der Waals surface area contributed by atoms with Gasteiger partial charge in [-0.3, -0.25) is 0 Å². The summed E-state index contributed by atoms with van der Waals surface area (Å²) in [6.45, 7) is 6.88. The van der Waals surface area contributed by atoms with E-state index >= 15 is 0 Å². The van der Waals surface area contributed by atoms with Gasteiger partial charge in [-0.05, 0) is 35.9 Å². The van der Waals surface area contributed by atoms with E-state index in [4.69, 9.17) is 9.47 Å². The lowest BCUT2D eigenvalue weighted by Crippen LogP contribution is -2.24. The standard InChI is InChI=1S/C13H20IN3O2/c1-3-5-9-11(14)13(15-4-2)17-12(16-9)10-8-18-6-7-19-10/h10H,3-8H2,1-2H3,(H,15,16,17). The number of rotatable bonds is 5. The monoisotopic (exact) mass is 377 g/mol. The van der Waals surface area contributed by atoms with Crippen molar-refractivity contribution in [3.8, 4) is 0 Å². The number of hydrogen-bond acceptors (Lipinski definition) is 5. The zero-order valence-corrected chi connectivity index (χ0v) is 13.6. The van der Waals surface area contributed by atoms with Gasteiger partial charge in [-0.25, -0.2) is 9.97 Å². The summed E-state index contributed by atoms with van der Waals surface area (Å²) in [6.07, 6.45) is 1.89. The Morgan fingerprint density at radius 1 is 1.32 bits per heavy atom. The molecule has 1 aromatic heterocycles. The molecule has 1 fully saturated rings. The first-order chi connectivity index (χ1) is 9.26. The summed E-state index contributed by atoms with van der Waals surface area (Å²) in [4.78, 5) is 9.26. The van der Waals surface area contributed by atoms with Crippen molar-refractivity contribution >= 4 is 28.4 Å². The van der Waals surface area contributed by atoms with Crippen LogP contribution in [0, 0.1) is 3.57 Å². The Bertz CT molecular complexity index is 395. The molecular formula is C13H20IN3O2. The number of nitrogens with zero attached hydrogens (tertiary/aromatic N) is 2. The minimum atomic E-state index is -0.140. The number of nitrogens with one attached hydrogen (secondary N) is 1. The summed E-state index contributed by atoms with van der Waals surface area (Å²) in [5.41, 5.74) is 1.10. The third-order valence-electron chi connectivity index (χ3n) is 2.87. The molecule has 0 saturated carbocycles. The van der Waals surface area contributed by atoms with Crippen LogP contribution in [0.3, 0.4) is 0 Å². The SMILES string of the molecule is CCCc1nc(C2COCCO2)nc(NCC)c1I. The minimum Gasteiger partial charge on any atom is -0.376 e. The van der Waals surface area contributed by atoms with E-state index in [0.29, 0.717) is 19.8 Å². The fourth-order valence-electron chi connectivity index (χ4n) is 1.98. The van der Waals surface area contributed by atoms with E-state index in [-0.39, 0.29) is 6.10 Å². The number of aromatic nitrogens is 2. The van der Waals surface area contributed by atoms with Crippen molar-refractivity contribution in [1.82, 2.24) is 9.97 Å². The third-order valence-corrected chi connectivity index (χ3v) is 4.01. The molecule has 5 nitrogen and oxygen atoms in total. The molecule has 0 amide bonds. The molecule has 1 aliphatic heterocycles. The number of halogens is 1. The summed E-state index contributed by atoms with van der Waals surface area (Å²) in [5.74, 6) is 1.64. The number of ether oxygens (including phenoxy) is 2. The van der Waals surface area contributed by atoms with Crippen molar-refractivity contribution in [2.75, 3.05) is 31.7 Å². The van der Waals surface area contributed by atoms with Crippen LogP contribution < -0.4 is 5.32 Å². The van der Waals surface area contributed by atoms with Crippen LogP contribution in [0.5, 0.6) is 0 Å². The quantitative estimate of drug-likeness (QED) is 0.800. The van der Waals surface area contributed by atoms with Crippen LogP contribution in [0.15, 0.2) is 0 Å². The topological polar surface area (TPSA) is 56.3 Å². The van der Waals surface area contributed by atoms with Gasteiger partial charge >= 0.3 is 0 Å². The number of anilines is 1. The van der Waals surface area contributed by atoms with Gasteiger partial charge in [0.15, 0.2) is 5.82 Å². The Morgan fingerprint density at radius 3 is 2.79 bits per heavy atom. The average molecular weight is 377 g/mol. The van der Waals surface area contributed by atoms with E-state index in [2.05, 4.69) is 51.7 Å². The maximum Gasteiger partial charge on any atom is 0.162 e. The number of aryl methyl sites for hydroxylation is 1. The van der Waals surface area contributed by atoms with E-state index in [1.54, 1.807) is 0 Å². The molecule has 1 atom stereocenters. The van der Waals surface area contributed by atoms with E-state index in [1.807, 2.05) is 0 Å². The van der Waals surface area contributed by atoms with Crippen LogP contribution in [-0.2, 0) is 15.9 Å². The summed E-state index contributed by atoms with van der Waals surface area (Å²) < 4.78 is 12.2. The molecule has 1 aliphatic rings. The Labute approximate surface area is 127 Å². The van der Waals surface area contributed by atoms with Crippen LogP contribution in [0.1, 0.15) is 37.9 Å². The second kappa shape index (κ2) is 7.35. The lowest BCUT2D eigenvalue weighted by molar-refractivity contribution is -0.0935. The first-order valence-corrected chi connectivity index (χ1v) is 7.83. The molecule has 0 spiro atoms. The Morgan fingerprint density at radius 2 is 2.16 bits per heavy atom. The highest BCUT2D eigenvalue weighted by Crippen LogP contribution is 2.25. The molecule has 1 N–H and O–H groups in total. The second-order valence-corrected chi connectivity index (χ2v) is 5.48. The Kier molecular flexibility index (Phi) is 5.77. The van der Waals surface area contributed by atoms with Crippen molar-refractivity contribution in [3.63, 3.8) is 0 Å². The third kappa shape index (κ3) is 3.76. The summed E-state index contributed by atoms with van der Waals surface area (Å²) in [5, 5.41) is 3.30. The van der Waals surface area contributed by atoms with Crippen molar-refractivity contribution in [3.05, 3.63) is 15.1 Å². The highest BCUT2D eigenvalue weighted by Gasteiger charge is 2.22. The number of hydrogen-bond donors (Lipinski definition) is 1. The van der Waals surface area contributed by atoms with Gasteiger partial charge < -0.3 is 14.8 Å². The van der Waals surface area contributed by atoms with Gasteiger partial charge in [0.2, 0.25) is 0 Å². The van der Waals surface area contributed by atoms with Crippen LogP contribution in [-0.4, -0.2) is 36.3 Å². The first kappa shape index (κ1) is 14.9. The van der Waals surface area contributed by atoms with Gasteiger partial charge in [-0.15, -0.1) is 0 Å². The Hall–Kier alpha value is -0.470. The average Bonchev–Trinajstić information content (AvgIpc) is 2.44. The van der Waals surface area contributed by atoms with Crippen LogP contribution in [0.25, 0.3) is 0 Å². The van der Waals surface area contributed by atoms with Crippen molar-refractivity contribution in [2.45, 2.75) is 32.8 Å². The van der Waals surface area contributed by atoms with Crippen molar-refractivity contribution < 1.29 is 9.47 Å². The van der Waals surface area contributed by atoms with Crippen LogP contribution in [0.2, 0.25) is 0 Å². The van der Waals surface area contributed by atoms with E-state index < -0.39 is 0 Å². The molecule has 0 aromatic carbocycles. The molecule has 6 heteroatoms. The molecule has 1 aromatic rings. The maximum atomic E-state index is 5.69. The molecule has 19 heavy (non-hydrogen) atoms. The lowest BCUT2D eigenvalue weighted by Gasteiger charge is -2.23. The largest absolute Gasteiger partial charge is 0.376 e. The maximum absolute atomic E-state index is 5.69. The minimum absolute atomic E-state index is 0.140. The van der Waals surface area contributed by atoms with Gasteiger partial charge in [0, 0.05) is 6.54 Å². The molecule has 2 rings (SSSR count). The highest BCUT2D eigenvalue weighted by molar-refractivity contribution is 14.1. The molecule has 2 heterocycles. The molecule has 106 valence electrons. The second-order valence-electron chi connectivity index (χ2n) is 4.41. The van der Waals surface area contributed by atoms with Gasteiger partial charge in [0.25, 0.3) is 0 Å². The van der Waals surface area contributed by atoms with E-state index in [9.17, 15) is 0 Å². The Balaban J connectivity index is 2.30. The fourth-order valence-corrected chi connectivity index (χ4v) is 2.68. The molecule has 1 saturated heterocycles. The van der Waals surface area contributed by atoms with Crippen molar-refractivity contribution in [2.24, 2.45) is 0 Å². The molecule has 0 radical (unpaired) electrons. The fraction of sp³-hybridized carbons (Fsp3) is 0.692. The molecule has 0 aliphatic carbocycles. The summed E-state index contributed by atoms with van der Waals surface area (Å²) >= 11 is 2.32. The first-order valence-electron chi connectivity index (χ1n) is 6.75. The molecule has 0 bridgehead atoms. The summed E-state index contributed by atoms with van der Waals surface area (Å²) in [7, 11) is 0. The predicted octanol–water partition coefficient (Wildman–Crippen LogP) is 2.55. The normalized spacial score (nSPS) is 19.4. The van der Waals surface area contributed by atoms with Crippen LogP contribution in [0.4, 0.5) is 5.82 Å². The molecular weight excluding hydrogens is 357 g/mol. The van der Waals surface area contributed by atoms with Crippen LogP contribution >= 0.6 is 22.6 Å².